The molecular formula is C15H32N2O3. The molecule has 0 aliphatic carbocycles. The van der Waals surface area contributed by atoms with Gasteiger partial charge in [0, 0.05) is 26.2 Å². The molecule has 5 nitrogen and oxygen atoms in total. The van der Waals surface area contributed by atoms with Gasteiger partial charge in [0.1, 0.15) is 6.04 Å². The van der Waals surface area contributed by atoms with Crippen LogP contribution in [0.15, 0.2) is 0 Å². The van der Waals surface area contributed by atoms with Crippen LogP contribution in [0.5, 0.6) is 0 Å². The SMILES string of the molecule is CCCNC(CN(CCOC)C(C)CC)C(=O)OCC. The number of hydrogen-bond donors (Lipinski definition) is 1. The zero-order valence-electron chi connectivity index (χ0n) is 13.8. The summed E-state index contributed by atoms with van der Waals surface area (Å²) in [4.78, 5) is 14.3. The maximum atomic E-state index is 12.0. The number of nitrogens with one attached hydrogen (secondary N) is 1. The summed E-state index contributed by atoms with van der Waals surface area (Å²) < 4.78 is 10.3. The molecule has 0 aliphatic rings. The van der Waals surface area contributed by atoms with Crippen molar-refractivity contribution in [1.29, 1.82) is 0 Å². The van der Waals surface area contributed by atoms with Crippen molar-refractivity contribution in [1.82, 2.24) is 10.2 Å². The fraction of sp³-hybridized carbons (Fsp3) is 0.933. The maximum absolute atomic E-state index is 12.0. The summed E-state index contributed by atoms with van der Waals surface area (Å²) in [5, 5.41) is 3.28. The molecule has 0 aromatic rings. The number of rotatable bonds is 12. The zero-order chi connectivity index (χ0) is 15.4. The first-order chi connectivity index (χ1) is 9.60. The van der Waals surface area contributed by atoms with Crippen LogP contribution in [0.25, 0.3) is 0 Å². The Morgan fingerprint density at radius 1 is 1.30 bits per heavy atom. The Hall–Kier alpha value is -0.650. The second kappa shape index (κ2) is 12.1. The first kappa shape index (κ1) is 19.4. The lowest BCUT2D eigenvalue weighted by Crippen LogP contribution is -2.50. The highest BCUT2D eigenvalue weighted by Gasteiger charge is 2.24. The lowest BCUT2D eigenvalue weighted by Gasteiger charge is -2.31. The van der Waals surface area contributed by atoms with Crippen molar-refractivity contribution >= 4 is 5.97 Å². The van der Waals surface area contributed by atoms with Gasteiger partial charge in [0.15, 0.2) is 0 Å². The summed E-state index contributed by atoms with van der Waals surface area (Å²) in [6, 6.07) is 0.159. The van der Waals surface area contributed by atoms with Crippen LogP contribution in [-0.4, -0.2) is 62.9 Å². The fourth-order valence-electron chi connectivity index (χ4n) is 1.98. The molecule has 20 heavy (non-hydrogen) atoms. The van der Waals surface area contributed by atoms with Crippen LogP contribution in [-0.2, 0) is 14.3 Å². The van der Waals surface area contributed by atoms with Gasteiger partial charge in [-0.05, 0) is 33.2 Å². The molecule has 1 N–H and O–H groups in total. The number of carbonyl (C=O) groups is 1. The van der Waals surface area contributed by atoms with E-state index in [0.717, 1.165) is 25.9 Å². The third-order valence-electron chi connectivity index (χ3n) is 3.43. The molecule has 0 amide bonds. The van der Waals surface area contributed by atoms with Crippen LogP contribution in [0.4, 0.5) is 0 Å². The number of esters is 1. The molecule has 0 radical (unpaired) electrons. The zero-order valence-corrected chi connectivity index (χ0v) is 13.8. The molecule has 0 spiro atoms. The highest BCUT2D eigenvalue weighted by atomic mass is 16.5. The van der Waals surface area contributed by atoms with Crippen LogP contribution < -0.4 is 5.32 Å². The highest BCUT2D eigenvalue weighted by Crippen LogP contribution is 2.06. The van der Waals surface area contributed by atoms with Gasteiger partial charge < -0.3 is 14.8 Å². The predicted octanol–water partition coefficient (Wildman–Crippen LogP) is 1.66. The molecule has 0 heterocycles. The molecule has 0 fully saturated rings. The molecule has 0 aromatic heterocycles. The lowest BCUT2D eigenvalue weighted by atomic mass is 10.1. The van der Waals surface area contributed by atoms with Crippen LogP contribution in [0.3, 0.4) is 0 Å². The molecular weight excluding hydrogens is 256 g/mol. The van der Waals surface area contributed by atoms with Crippen LogP contribution in [0, 0.1) is 0 Å². The lowest BCUT2D eigenvalue weighted by molar-refractivity contribution is -0.146. The van der Waals surface area contributed by atoms with E-state index in [-0.39, 0.29) is 12.0 Å². The molecule has 5 heteroatoms. The van der Waals surface area contributed by atoms with E-state index in [1.165, 1.54) is 0 Å². The fourth-order valence-corrected chi connectivity index (χ4v) is 1.98. The Labute approximate surface area is 124 Å². The summed E-state index contributed by atoms with van der Waals surface area (Å²) in [6.45, 7) is 11.7. The molecule has 0 aliphatic heterocycles. The minimum atomic E-state index is -0.263. The van der Waals surface area contributed by atoms with E-state index >= 15 is 0 Å². The van der Waals surface area contributed by atoms with E-state index < -0.39 is 0 Å². The number of hydrogen-bond acceptors (Lipinski definition) is 5. The largest absolute Gasteiger partial charge is 0.465 e. The second-order valence-electron chi connectivity index (χ2n) is 5.00. The smallest absolute Gasteiger partial charge is 0.324 e. The monoisotopic (exact) mass is 288 g/mol. The maximum Gasteiger partial charge on any atom is 0.324 e. The molecule has 0 saturated carbocycles. The van der Waals surface area contributed by atoms with E-state index in [0.29, 0.717) is 25.8 Å². The minimum absolute atomic E-state index is 0.160. The number of ether oxygens (including phenoxy) is 2. The normalized spacial score (nSPS) is 14.3. The van der Waals surface area contributed by atoms with Crippen molar-refractivity contribution in [2.24, 2.45) is 0 Å². The number of nitrogens with zero attached hydrogens (tertiary/aromatic N) is 1. The molecule has 0 aromatic carbocycles. The van der Waals surface area contributed by atoms with E-state index in [1.54, 1.807) is 7.11 Å². The Morgan fingerprint density at radius 2 is 2.00 bits per heavy atom. The van der Waals surface area contributed by atoms with Crippen molar-refractivity contribution in [3.8, 4) is 0 Å². The Bertz CT molecular complexity index is 249. The van der Waals surface area contributed by atoms with Gasteiger partial charge in [-0.2, -0.15) is 0 Å². The third kappa shape index (κ3) is 7.82. The summed E-state index contributed by atoms with van der Waals surface area (Å²) in [5.74, 6) is -0.160. The molecule has 0 bridgehead atoms. The van der Waals surface area contributed by atoms with Gasteiger partial charge >= 0.3 is 5.97 Å². The van der Waals surface area contributed by atoms with Crippen molar-refractivity contribution < 1.29 is 14.3 Å². The Kier molecular flexibility index (Phi) is 11.7. The summed E-state index contributed by atoms with van der Waals surface area (Å²) in [6.07, 6.45) is 2.05. The van der Waals surface area contributed by atoms with E-state index in [4.69, 9.17) is 9.47 Å². The van der Waals surface area contributed by atoms with Gasteiger partial charge in [-0.15, -0.1) is 0 Å². The molecule has 0 rings (SSSR count). The molecule has 120 valence electrons. The summed E-state index contributed by atoms with van der Waals surface area (Å²) in [7, 11) is 1.70. The topological polar surface area (TPSA) is 50.8 Å². The minimum Gasteiger partial charge on any atom is -0.465 e. The van der Waals surface area contributed by atoms with Crippen molar-refractivity contribution in [3.63, 3.8) is 0 Å². The molecule has 0 saturated heterocycles. The highest BCUT2D eigenvalue weighted by molar-refractivity contribution is 5.76. The van der Waals surface area contributed by atoms with Gasteiger partial charge in [0.2, 0.25) is 0 Å². The van der Waals surface area contributed by atoms with Crippen molar-refractivity contribution in [3.05, 3.63) is 0 Å². The van der Waals surface area contributed by atoms with E-state index in [2.05, 4.69) is 31.0 Å². The van der Waals surface area contributed by atoms with Gasteiger partial charge in [0.25, 0.3) is 0 Å². The van der Waals surface area contributed by atoms with Gasteiger partial charge in [0.05, 0.1) is 13.2 Å². The van der Waals surface area contributed by atoms with Crippen LogP contribution in [0.1, 0.15) is 40.5 Å². The van der Waals surface area contributed by atoms with Crippen LogP contribution >= 0.6 is 0 Å². The number of methoxy groups -OCH3 is 1. The average molecular weight is 288 g/mol. The number of carbonyl (C=O) groups excluding carboxylic acids is 1. The predicted molar refractivity (Wildman–Crippen MR) is 81.9 cm³/mol. The van der Waals surface area contributed by atoms with Gasteiger partial charge in [-0.25, -0.2) is 0 Å². The first-order valence-corrected chi connectivity index (χ1v) is 7.73. The van der Waals surface area contributed by atoms with Crippen molar-refractivity contribution in [2.45, 2.75) is 52.6 Å². The van der Waals surface area contributed by atoms with Gasteiger partial charge in [-0.3, -0.25) is 9.69 Å². The van der Waals surface area contributed by atoms with E-state index in [1.807, 2.05) is 6.92 Å². The second-order valence-corrected chi connectivity index (χ2v) is 5.00. The Balaban J connectivity index is 4.62. The van der Waals surface area contributed by atoms with Gasteiger partial charge in [-0.1, -0.05) is 13.8 Å². The standard InChI is InChI=1S/C15H32N2O3/c1-6-9-16-14(15(18)20-8-3)12-17(10-11-19-5)13(4)7-2/h13-14,16H,6-12H2,1-5H3. The molecule has 2 unspecified atom stereocenters. The van der Waals surface area contributed by atoms with Crippen molar-refractivity contribution in [2.75, 3.05) is 40.0 Å². The summed E-state index contributed by atoms with van der Waals surface area (Å²) in [5.41, 5.74) is 0. The third-order valence-corrected chi connectivity index (χ3v) is 3.43. The quantitative estimate of drug-likeness (QED) is 0.554. The average Bonchev–Trinajstić information content (AvgIpc) is 2.46. The van der Waals surface area contributed by atoms with Crippen LogP contribution in [0.2, 0.25) is 0 Å². The molecule has 2 atom stereocenters. The first-order valence-electron chi connectivity index (χ1n) is 7.73. The summed E-state index contributed by atoms with van der Waals surface area (Å²) >= 11 is 0. The van der Waals surface area contributed by atoms with E-state index in [9.17, 15) is 4.79 Å². The Morgan fingerprint density at radius 3 is 2.50 bits per heavy atom.